The summed E-state index contributed by atoms with van der Waals surface area (Å²) in [5, 5.41) is 24.4. The maximum Gasteiger partial charge on any atom is 0.238 e. The lowest BCUT2D eigenvalue weighted by molar-refractivity contribution is 0.0154. The quantitative estimate of drug-likeness (QED) is 0.677. The number of alkyl halides is 1. The largest absolute Gasteiger partial charge is 0.390 e. The Morgan fingerprint density at radius 1 is 1.29 bits per heavy atom. The summed E-state index contributed by atoms with van der Waals surface area (Å²) in [5.74, 6) is 0.162. The predicted octanol–water partition coefficient (Wildman–Crippen LogP) is 0.357. The Morgan fingerprint density at radius 2 is 1.88 bits per heavy atom. The van der Waals surface area contributed by atoms with Crippen LogP contribution in [-0.2, 0) is 10.0 Å². The van der Waals surface area contributed by atoms with Crippen LogP contribution in [0.3, 0.4) is 0 Å². The molecule has 0 saturated heterocycles. The van der Waals surface area contributed by atoms with E-state index in [1.165, 1.54) is 18.2 Å². The average Bonchev–Trinajstić information content (AvgIpc) is 2.27. The Kier molecular flexibility index (Phi) is 4.91. The van der Waals surface area contributed by atoms with Crippen molar-refractivity contribution < 1.29 is 18.6 Å². The van der Waals surface area contributed by atoms with Crippen LogP contribution in [0.1, 0.15) is 18.1 Å². The standard InChI is InChI=1S/C10H14ClNO4S/c11-6-5-8(13)10(14)7-3-1-2-4-9(7)17(12,15)16/h1-4,8,10,13-14H,5-6H2,(H2,12,15,16). The van der Waals surface area contributed by atoms with E-state index in [1.807, 2.05) is 0 Å². The molecule has 4 N–H and O–H groups in total. The van der Waals surface area contributed by atoms with Crippen LogP contribution in [0.15, 0.2) is 29.2 Å². The van der Waals surface area contributed by atoms with E-state index in [0.717, 1.165) is 0 Å². The molecule has 1 rings (SSSR count). The van der Waals surface area contributed by atoms with Crippen molar-refractivity contribution in [2.24, 2.45) is 5.14 Å². The summed E-state index contributed by atoms with van der Waals surface area (Å²) in [6.45, 7) is 0. The van der Waals surface area contributed by atoms with Crippen molar-refractivity contribution in [1.29, 1.82) is 0 Å². The number of primary sulfonamides is 1. The van der Waals surface area contributed by atoms with E-state index in [2.05, 4.69) is 0 Å². The van der Waals surface area contributed by atoms with Gasteiger partial charge in [0.05, 0.1) is 11.0 Å². The van der Waals surface area contributed by atoms with Crippen LogP contribution in [-0.4, -0.2) is 30.6 Å². The first-order chi connectivity index (χ1) is 7.88. The van der Waals surface area contributed by atoms with E-state index in [1.54, 1.807) is 6.07 Å². The third kappa shape index (κ3) is 3.65. The van der Waals surface area contributed by atoms with Crippen LogP contribution >= 0.6 is 11.6 Å². The molecule has 0 heterocycles. The highest BCUT2D eigenvalue weighted by molar-refractivity contribution is 7.89. The minimum atomic E-state index is -3.93. The molecule has 0 fully saturated rings. The van der Waals surface area contributed by atoms with E-state index in [-0.39, 0.29) is 22.8 Å². The third-order valence-electron chi connectivity index (χ3n) is 2.31. The van der Waals surface area contributed by atoms with Gasteiger partial charge in [-0.25, -0.2) is 13.6 Å². The molecule has 0 aliphatic heterocycles. The summed E-state index contributed by atoms with van der Waals surface area (Å²) >= 11 is 5.44. The van der Waals surface area contributed by atoms with Crippen LogP contribution in [0.5, 0.6) is 0 Å². The average molecular weight is 280 g/mol. The first-order valence-electron chi connectivity index (χ1n) is 4.91. The molecule has 0 amide bonds. The first kappa shape index (κ1) is 14.4. The number of benzene rings is 1. The second-order valence-corrected chi connectivity index (χ2v) is 5.48. The van der Waals surface area contributed by atoms with E-state index < -0.39 is 22.2 Å². The molecule has 7 heteroatoms. The lowest BCUT2D eigenvalue weighted by atomic mass is 10.0. The SMILES string of the molecule is NS(=O)(=O)c1ccccc1C(O)C(O)CCCl. The number of sulfonamides is 1. The zero-order chi connectivity index (χ0) is 13.1. The summed E-state index contributed by atoms with van der Waals surface area (Å²) in [6.07, 6.45) is -2.31. The normalized spacial score (nSPS) is 15.5. The monoisotopic (exact) mass is 279 g/mol. The highest BCUT2D eigenvalue weighted by Gasteiger charge is 2.24. The fraction of sp³-hybridized carbons (Fsp3) is 0.400. The van der Waals surface area contributed by atoms with Gasteiger partial charge in [-0.2, -0.15) is 0 Å². The van der Waals surface area contributed by atoms with Crippen molar-refractivity contribution in [2.45, 2.75) is 23.5 Å². The molecule has 1 aromatic carbocycles. The summed E-state index contributed by atoms with van der Waals surface area (Å²) in [4.78, 5) is -0.193. The fourth-order valence-corrected chi connectivity index (χ4v) is 2.47. The van der Waals surface area contributed by atoms with Gasteiger partial charge in [0.1, 0.15) is 6.10 Å². The Hall–Kier alpha value is -0.660. The van der Waals surface area contributed by atoms with Crippen LogP contribution in [0.25, 0.3) is 0 Å². The lowest BCUT2D eigenvalue weighted by Gasteiger charge is -2.19. The van der Waals surface area contributed by atoms with Crippen molar-refractivity contribution >= 4 is 21.6 Å². The molecule has 17 heavy (non-hydrogen) atoms. The maximum absolute atomic E-state index is 11.3. The van der Waals surface area contributed by atoms with Crippen molar-refractivity contribution in [1.82, 2.24) is 0 Å². The van der Waals surface area contributed by atoms with Crippen molar-refractivity contribution in [3.63, 3.8) is 0 Å². The molecule has 96 valence electrons. The number of rotatable bonds is 5. The lowest BCUT2D eigenvalue weighted by Crippen LogP contribution is -2.23. The van der Waals surface area contributed by atoms with Gasteiger partial charge < -0.3 is 10.2 Å². The molecule has 0 aliphatic rings. The topological polar surface area (TPSA) is 101 Å². The van der Waals surface area contributed by atoms with Crippen molar-refractivity contribution in [3.05, 3.63) is 29.8 Å². The zero-order valence-electron chi connectivity index (χ0n) is 8.95. The summed E-state index contributed by atoms with van der Waals surface area (Å²) in [7, 11) is -3.93. The Labute approximate surface area is 105 Å². The van der Waals surface area contributed by atoms with E-state index in [0.29, 0.717) is 0 Å². The third-order valence-corrected chi connectivity index (χ3v) is 3.52. The van der Waals surface area contributed by atoms with E-state index in [4.69, 9.17) is 16.7 Å². The predicted molar refractivity (Wildman–Crippen MR) is 64.1 cm³/mol. The molecule has 0 saturated carbocycles. The zero-order valence-corrected chi connectivity index (χ0v) is 10.5. The molecule has 5 nitrogen and oxygen atoms in total. The number of halogens is 1. The van der Waals surface area contributed by atoms with E-state index in [9.17, 15) is 18.6 Å². The fourth-order valence-electron chi connectivity index (χ4n) is 1.46. The van der Waals surface area contributed by atoms with Gasteiger partial charge in [0.2, 0.25) is 10.0 Å². The highest BCUT2D eigenvalue weighted by atomic mass is 35.5. The summed E-state index contributed by atoms with van der Waals surface area (Å²) in [5.41, 5.74) is 0.0765. The van der Waals surface area contributed by atoms with Gasteiger partial charge >= 0.3 is 0 Å². The second kappa shape index (κ2) is 5.79. The molecular weight excluding hydrogens is 266 g/mol. The Morgan fingerprint density at radius 3 is 2.41 bits per heavy atom. The number of aliphatic hydroxyl groups is 2. The van der Waals surface area contributed by atoms with Gasteiger partial charge in [-0.3, -0.25) is 0 Å². The van der Waals surface area contributed by atoms with Gasteiger partial charge in [0.15, 0.2) is 0 Å². The number of hydrogen-bond acceptors (Lipinski definition) is 4. The maximum atomic E-state index is 11.3. The van der Waals surface area contributed by atoms with E-state index >= 15 is 0 Å². The van der Waals surface area contributed by atoms with Gasteiger partial charge in [0, 0.05) is 11.4 Å². The molecular formula is C10H14ClNO4S. The molecule has 0 aliphatic carbocycles. The molecule has 2 atom stereocenters. The molecule has 0 aromatic heterocycles. The number of hydrogen-bond donors (Lipinski definition) is 3. The second-order valence-electron chi connectivity index (χ2n) is 3.57. The summed E-state index contributed by atoms with van der Waals surface area (Å²) in [6, 6.07) is 5.73. The van der Waals surface area contributed by atoms with Gasteiger partial charge in [-0.15, -0.1) is 11.6 Å². The van der Waals surface area contributed by atoms with Gasteiger partial charge in [0.25, 0.3) is 0 Å². The molecule has 0 radical (unpaired) electrons. The number of nitrogens with two attached hydrogens (primary N) is 1. The van der Waals surface area contributed by atoms with Crippen LogP contribution in [0, 0.1) is 0 Å². The molecule has 2 unspecified atom stereocenters. The van der Waals surface area contributed by atoms with Crippen molar-refractivity contribution in [2.75, 3.05) is 5.88 Å². The Bertz CT molecular complexity index is 477. The number of aliphatic hydroxyl groups excluding tert-OH is 2. The Balaban J connectivity index is 3.14. The van der Waals surface area contributed by atoms with Gasteiger partial charge in [-0.05, 0) is 12.5 Å². The molecule has 0 bridgehead atoms. The van der Waals surface area contributed by atoms with Crippen molar-refractivity contribution in [3.8, 4) is 0 Å². The molecule has 1 aromatic rings. The minimum absolute atomic E-state index is 0.0765. The van der Waals surface area contributed by atoms with Crippen LogP contribution < -0.4 is 5.14 Å². The van der Waals surface area contributed by atoms with Crippen LogP contribution in [0.4, 0.5) is 0 Å². The molecule has 0 spiro atoms. The smallest absolute Gasteiger partial charge is 0.238 e. The highest BCUT2D eigenvalue weighted by Crippen LogP contribution is 2.25. The van der Waals surface area contributed by atoms with Crippen LogP contribution in [0.2, 0.25) is 0 Å². The minimum Gasteiger partial charge on any atom is -0.390 e. The first-order valence-corrected chi connectivity index (χ1v) is 7.00. The summed E-state index contributed by atoms with van der Waals surface area (Å²) < 4.78 is 22.6. The van der Waals surface area contributed by atoms with Gasteiger partial charge in [-0.1, -0.05) is 18.2 Å².